The zero-order valence-corrected chi connectivity index (χ0v) is 15.3. The summed E-state index contributed by atoms with van der Waals surface area (Å²) in [5.74, 6) is -0.834. The van der Waals surface area contributed by atoms with E-state index in [1.165, 1.54) is 6.07 Å². The van der Waals surface area contributed by atoms with Crippen LogP contribution < -0.4 is 10.6 Å². The Bertz CT molecular complexity index is 823. The average Bonchev–Trinajstić information content (AvgIpc) is 3.17. The van der Waals surface area contributed by atoms with E-state index < -0.39 is 5.91 Å². The number of halogens is 2. The molecule has 0 bridgehead atoms. The van der Waals surface area contributed by atoms with Crippen LogP contribution in [0.1, 0.15) is 33.8 Å². The lowest BCUT2D eigenvalue weighted by molar-refractivity contribution is 0.0853. The topological polar surface area (TPSA) is 80.3 Å². The molecule has 2 aromatic rings. The summed E-state index contributed by atoms with van der Waals surface area (Å²) in [5, 5.41) is 5.99. The van der Waals surface area contributed by atoms with Crippen molar-refractivity contribution >= 4 is 40.7 Å². The minimum Gasteiger partial charge on any atom is -0.376 e. The monoisotopic (exact) mass is 393 g/mol. The number of carbonyl (C=O) groups excluding carboxylic acids is 2. The van der Waals surface area contributed by atoms with Gasteiger partial charge in [0, 0.05) is 13.2 Å². The predicted molar refractivity (Wildman–Crippen MR) is 100.0 cm³/mol. The highest BCUT2D eigenvalue weighted by Gasteiger charge is 2.18. The molecule has 6 nitrogen and oxygen atoms in total. The molecule has 0 saturated carbocycles. The van der Waals surface area contributed by atoms with Crippen molar-refractivity contribution in [2.45, 2.75) is 18.9 Å². The molecule has 1 saturated heterocycles. The number of nitrogens with zero attached hydrogens (tertiary/aromatic N) is 1. The fourth-order valence-corrected chi connectivity index (χ4v) is 2.92. The van der Waals surface area contributed by atoms with Crippen molar-refractivity contribution in [3.63, 3.8) is 0 Å². The van der Waals surface area contributed by atoms with Crippen molar-refractivity contribution in [1.82, 2.24) is 10.3 Å². The smallest absolute Gasteiger partial charge is 0.274 e. The van der Waals surface area contributed by atoms with E-state index in [0.29, 0.717) is 17.3 Å². The van der Waals surface area contributed by atoms with Crippen LogP contribution in [-0.2, 0) is 4.74 Å². The van der Waals surface area contributed by atoms with E-state index in [-0.39, 0.29) is 28.4 Å². The van der Waals surface area contributed by atoms with Crippen molar-refractivity contribution < 1.29 is 14.3 Å². The van der Waals surface area contributed by atoms with Crippen molar-refractivity contribution in [2.24, 2.45) is 0 Å². The second-order valence-electron chi connectivity index (χ2n) is 5.81. The van der Waals surface area contributed by atoms with E-state index in [2.05, 4.69) is 15.6 Å². The van der Waals surface area contributed by atoms with Crippen LogP contribution in [0.4, 0.5) is 5.69 Å². The summed E-state index contributed by atoms with van der Waals surface area (Å²) in [5.41, 5.74) is 0.637. The molecule has 1 aromatic carbocycles. The molecule has 2 heterocycles. The third-order valence-electron chi connectivity index (χ3n) is 3.93. The van der Waals surface area contributed by atoms with E-state index in [1.807, 2.05) is 0 Å². The highest BCUT2D eigenvalue weighted by atomic mass is 35.5. The van der Waals surface area contributed by atoms with Gasteiger partial charge in [-0.1, -0.05) is 35.3 Å². The van der Waals surface area contributed by atoms with Gasteiger partial charge in [-0.25, -0.2) is 4.98 Å². The molecule has 136 valence electrons. The van der Waals surface area contributed by atoms with Crippen LogP contribution in [0.2, 0.25) is 10.0 Å². The first-order valence-electron chi connectivity index (χ1n) is 8.17. The van der Waals surface area contributed by atoms with E-state index in [1.54, 1.807) is 30.3 Å². The summed E-state index contributed by atoms with van der Waals surface area (Å²) < 4.78 is 5.47. The Balaban J connectivity index is 1.66. The molecular weight excluding hydrogens is 377 g/mol. The Morgan fingerprint density at radius 2 is 1.85 bits per heavy atom. The minimum absolute atomic E-state index is 0.0374. The quantitative estimate of drug-likeness (QED) is 0.813. The highest BCUT2D eigenvalue weighted by Crippen LogP contribution is 2.29. The fourth-order valence-electron chi connectivity index (χ4n) is 2.58. The van der Waals surface area contributed by atoms with Gasteiger partial charge in [-0.05, 0) is 37.1 Å². The number of aromatic nitrogens is 1. The Morgan fingerprint density at radius 1 is 1.12 bits per heavy atom. The molecule has 1 fully saturated rings. The summed E-state index contributed by atoms with van der Waals surface area (Å²) in [4.78, 5) is 28.8. The molecule has 1 aliphatic heterocycles. The summed E-state index contributed by atoms with van der Waals surface area (Å²) >= 11 is 12.0. The number of amides is 2. The molecule has 26 heavy (non-hydrogen) atoms. The standard InChI is InChI=1S/C18H17Cl2N3O3/c19-12-5-1-6-13(16(12)20)23-18(25)15-8-2-7-14(22-15)17(24)21-10-11-4-3-9-26-11/h1-2,5-8,11H,3-4,9-10H2,(H,21,24)(H,23,25). The van der Waals surface area contributed by atoms with Gasteiger partial charge < -0.3 is 15.4 Å². The predicted octanol–water partition coefficient (Wildman–Crippen LogP) is 3.55. The molecule has 0 spiro atoms. The molecule has 1 unspecified atom stereocenters. The number of hydrogen-bond acceptors (Lipinski definition) is 4. The van der Waals surface area contributed by atoms with Crippen molar-refractivity contribution in [3.05, 3.63) is 57.8 Å². The molecule has 0 radical (unpaired) electrons. The first-order valence-corrected chi connectivity index (χ1v) is 8.92. The Kier molecular flexibility index (Phi) is 6.08. The molecule has 8 heteroatoms. The molecule has 1 atom stereocenters. The second kappa shape index (κ2) is 8.49. The van der Waals surface area contributed by atoms with Crippen molar-refractivity contribution in [2.75, 3.05) is 18.5 Å². The van der Waals surface area contributed by atoms with E-state index >= 15 is 0 Å². The van der Waals surface area contributed by atoms with Gasteiger partial charge in [-0.2, -0.15) is 0 Å². The molecule has 1 aliphatic rings. The summed E-state index contributed by atoms with van der Waals surface area (Å²) in [6.45, 7) is 1.15. The fraction of sp³-hybridized carbons (Fsp3) is 0.278. The SMILES string of the molecule is O=C(NCC1CCCO1)c1cccc(C(=O)Nc2cccc(Cl)c2Cl)n1. The van der Waals surface area contributed by atoms with Gasteiger partial charge in [0.1, 0.15) is 11.4 Å². The number of carbonyl (C=O) groups is 2. The number of ether oxygens (including phenoxy) is 1. The maximum absolute atomic E-state index is 12.4. The van der Waals surface area contributed by atoms with Gasteiger partial charge in [0.25, 0.3) is 11.8 Å². The number of pyridine rings is 1. The van der Waals surface area contributed by atoms with Gasteiger partial charge in [0.2, 0.25) is 0 Å². The van der Waals surface area contributed by atoms with E-state index in [0.717, 1.165) is 19.4 Å². The average molecular weight is 394 g/mol. The van der Waals surface area contributed by atoms with Crippen LogP contribution in [0.25, 0.3) is 0 Å². The zero-order chi connectivity index (χ0) is 18.5. The van der Waals surface area contributed by atoms with E-state index in [9.17, 15) is 9.59 Å². The third kappa shape index (κ3) is 4.52. The molecule has 2 amide bonds. The van der Waals surface area contributed by atoms with Gasteiger partial charge in [-0.15, -0.1) is 0 Å². The van der Waals surface area contributed by atoms with Crippen molar-refractivity contribution in [1.29, 1.82) is 0 Å². The Labute approximate surface area is 160 Å². The lowest BCUT2D eigenvalue weighted by Gasteiger charge is -2.11. The molecule has 2 N–H and O–H groups in total. The second-order valence-corrected chi connectivity index (χ2v) is 6.59. The largest absolute Gasteiger partial charge is 0.376 e. The number of nitrogens with one attached hydrogen (secondary N) is 2. The van der Waals surface area contributed by atoms with Gasteiger partial charge in [0.05, 0.1) is 21.8 Å². The molecule has 1 aromatic heterocycles. The van der Waals surface area contributed by atoms with Crippen LogP contribution in [-0.4, -0.2) is 36.1 Å². The van der Waals surface area contributed by atoms with Crippen LogP contribution >= 0.6 is 23.2 Å². The minimum atomic E-state index is -0.483. The Hall–Kier alpha value is -2.15. The number of anilines is 1. The summed E-state index contributed by atoms with van der Waals surface area (Å²) in [6, 6.07) is 9.59. The van der Waals surface area contributed by atoms with Gasteiger partial charge >= 0.3 is 0 Å². The lowest BCUT2D eigenvalue weighted by Crippen LogP contribution is -2.32. The zero-order valence-electron chi connectivity index (χ0n) is 13.8. The summed E-state index contributed by atoms with van der Waals surface area (Å²) in [7, 11) is 0. The highest BCUT2D eigenvalue weighted by molar-refractivity contribution is 6.44. The normalized spacial score (nSPS) is 16.3. The first kappa shape index (κ1) is 18.6. The summed E-state index contributed by atoms with van der Waals surface area (Å²) in [6.07, 6.45) is 1.97. The van der Waals surface area contributed by atoms with Crippen LogP contribution in [0.5, 0.6) is 0 Å². The number of benzene rings is 1. The van der Waals surface area contributed by atoms with Crippen LogP contribution in [0.3, 0.4) is 0 Å². The maximum Gasteiger partial charge on any atom is 0.274 e. The lowest BCUT2D eigenvalue weighted by atomic mass is 10.2. The molecule has 0 aliphatic carbocycles. The Morgan fingerprint density at radius 3 is 2.58 bits per heavy atom. The number of rotatable bonds is 5. The maximum atomic E-state index is 12.4. The van der Waals surface area contributed by atoms with Crippen LogP contribution in [0.15, 0.2) is 36.4 Å². The van der Waals surface area contributed by atoms with Gasteiger partial charge in [-0.3, -0.25) is 9.59 Å². The molecule has 3 rings (SSSR count). The van der Waals surface area contributed by atoms with Gasteiger partial charge in [0.15, 0.2) is 0 Å². The number of hydrogen-bond donors (Lipinski definition) is 2. The van der Waals surface area contributed by atoms with Crippen LogP contribution in [0, 0.1) is 0 Å². The third-order valence-corrected chi connectivity index (χ3v) is 4.75. The first-order chi connectivity index (χ1) is 12.5. The van der Waals surface area contributed by atoms with Crippen molar-refractivity contribution in [3.8, 4) is 0 Å². The molecular formula is C18H17Cl2N3O3. The van der Waals surface area contributed by atoms with E-state index in [4.69, 9.17) is 27.9 Å².